The summed E-state index contributed by atoms with van der Waals surface area (Å²) in [4.78, 5) is -0.247. The Bertz CT molecular complexity index is 389. The number of hydrogen-bond donors (Lipinski definition) is 0. The molecule has 0 aromatic heterocycles. The van der Waals surface area contributed by atoms with Crippen LogP contribution in [0.5, 0.6) is 0 Å². The maximum Gasteiger partial charge on any atom is 0.130 e. The highest BCUT2D eigenvalue weighted by Gasteiger charge is 2.38. The second-order valence-electron chi connectivity index (χ2n) is 4.29. The summed E-state index contributed by atoms with van der Waals surface area (Å²) in [5.41, 5.74) is 0.0457. The van der Waals surface area contributed by atoms with Crippen LogP contribution in [0.15, 0.2) is 18.2 Å². The molecule has 0 saturated carbocycles. The number of halogens is 3. The van der Waals surface area contributed by atoms with Crippen molar-refractivity contribution in [1.82, 2.24) is 0 Å². The zero-order chi connectivity index (χ0) is 11.8. The third kappa shape index (κ3) is 2.13. The first-order valence-corrected chi connectivity index (χ1v) is 6.17. The van der Waals surface area contributed by atoms with Gasteiger partial charge in [0.25, 0.3) is 0 Å². The van der Waals surface area contributed by atoms with Gasteiger partial charge in [-0.2, -0.15) is 0 Å². The van der Waals surface area contributed by atoms with Gasteiger partial charge in [0.05, 0.1) is 10.4 Å². The molecular formula is C12H13BrF2O. The molecule has 0 spiro atoms. The summed E-state index contributed by atoms with van der Waals surface area (Å²) in [7, 11) is 0. The minimum Gasteiger partial charge on any atom is -0.374 e. The Balaban J connectivity index is 2.29. The van der Waals surface area contributed by atoms with Gasteiger partial charge in [-0.25, -0.2) is 8.78 Å². The number of ether oxygens (including phenoxy) is 1. The van der Waals surface area contributed by atoms with Crippen molar-refractivity contribution in [2.24, 2.45) is 0 Å². The first kappa shape index (κ1) is 12.0. The molecule has 0 N–H and O–H groups in total. The molecule has 16 heavy (non-hydrogen) atoms. The maximum atomic E-state index is 13.6. The normalized spacial score (nSPS) is 27.0. The summed E-state index contributed by atoms with van der Waals surface area (Å²) >= 11 is 3.46. The van der Waals surface area contributed by atoms with Crippen molar-refractivity contribution in [3.05, 3.63) is 35.4 Å². The lowest BCUT2D eigenvalue weighted by molar-refractivity contribution is 0.0191. The smallest absolute Gasteiger partial charge is 0.130 e. The molecule has 1 aliphatic rings. The fraction of sp³-hybridized carbons (Fsp3) is 0.500. The molecule has 1 saturated heterocycles. The lowest BCUT2D eigenvalue weighted by Gasteiger charge is -2.29. The molecule has 1 aromatic carbocycles. The van der Waals surface area contributed by atoms with E-state index < -0.39 is 17.2 Å². The van der Waals surface area contributed by atoms with Gasteiger partial charge in [-0.3, -0.25) is 0 Å². The Morgan fingerprint density at radius 2 is 2.19 bits per heavy atom. The van der Waals surface area contributed by atoms with Crippen molar-refractivity contribution in [3.8, 4) is 0 Å². The van der Waals surface area contributed by atoms with Crippen LogP contribution in [0, 0.1) is 11.6 Å². The Hall–Kier alpha value is -0.480. The molecule has 1 aliphatic heterocycles. The average molecular weight is 291 g/mol. The minimum atomic E-state index is -0.557. The van der Waals surface area contributed by atoms with Crippen LogP contribution >= 0.6 is 15.9 Å². The number of hydrogen-bond acceptors (Lipinski definition) is 1. The van der Waals surface area contributed by atoms with Gasteiger partial charge in [0.2, 0.25) is 0 Å². The van der Waals surface area contributed by atoms with Gasteiger partial charge < -0.3 is 4.74 Å². The SMILES string of the molecule is CC1(C(Br)c2ccc(F)cc2F)CCCO1. The van der Waals surface area contributed by atoms with Crippen LogP contribution in [0.3, 0.4) is 0 Å². The summed E-state index contributed by atoms with van der Waals surface area (Å²) in [6.07, 6.45) is 1.85. The van der Waals surface area contributed by atoms with E-state index in [9.17, 15) is 8.78 Å². The van der Waals surface area contributed by atoms with Gasteiger partial charge in [0.1, 0.15) is 11.6 Å². The fourth-order valence-electron chi connectivity index (χ4n) is 2.04. The van der Waals surface area contributed by atoms with E-state index in [1.54, 1.807) is 0 Å². The quantitative estimate of drug-likeness (QED) is 0.749. The third-order valence-electron chi connectivity index (χ3n) is 3.02. The van der Waals surface area contributed by atoms with Crippen molar-refractivity contribution < 1.29 is 13.5 Å². The highest BCUT2D eigenvalue weighted by Crippen LogP contribution is 2.43. The first-order valence-electron chi connectivity index (χ1n) is 5.26. The number of benzene rings is 1. The summed E-state index contributed by atoms with van der Waals surface area (Å²) in [6, 6.07) is 3.64. The molecule has 2 rings (SSSR count). The van der Waals surface area contributed by atoms with E-state index in [2.05, 4.69) is 15.9 Å². The van der Waals surface area contributed by atoms with Crippen molar-refractivity contribution in [3.63, 3.8) is 0 Å². The summed E-state index contributed by atoms with van der Waals surface area (Å²) in [5, 5.41) is 0. The van der Waals surface area contributed by atoms with Crippen molar-refractivity contribution >= 4 is 15.9 Å². The second-order valence-corrected chi connectivity index (χ2v) is 5.21. The summed E-state index contributed by atoms with van der Waals surface area (Å²) in [6.45, 7) is 2.64. The molecule has 0 bridgehead atoms. The van der Waals surface area contributed by atoms with Crippen LogP contribution in [0.2, 0.25) is 0 Å². The predicted molar refractivity (Wildman–Crippen MR) is 61.6 cm³/mol. The Kier molecular flexibility index (Phi) is 3.31. The molecule has 1 aromatic rings. The van der Waals surface area contributed by atoms with Crippen LogP contribution in [-0.4, -0.2) is 12.2 Å². The molecule has 1 fully saturated rings. The van der Waals surface area contributed by atoms with Gasteiger partial charge in [-0.15, -0.1) is 0 Å². The number of rotatable bonds is 2. The average Bonchev–Trinajstić information content (AvgIpc) is 2.66. The molecule has 4 heteroatoms. The Labute approximate surface area is 102 Å². The molecule has 1 heterocycles. The monoisotopic (exact) mass is 290 g/mol. The van der Waals surface area contributed by atoms with Crippen molar-refractivity contribution in [2.45, 2.75) is 30.2 Å². The van der Waals surface area contributed by atoms with E-state index in [1.807, 2.05) is 6.92 Å². The standard InChI is InChI=1S/C12H13BrF2O/c1-12(5-2-6-16-12)11(13)9-4-3-8(14)7-10(9)15/h3-4,7,11H,2,5-6H2,1H3. The van der Waals surface area contributed by atoms with Crippen LogP contribution in [0.4, 0.5) is 8.78 Å². The van der Waals surface area contributed by atoms with Gasteiger partial charge in [0, 0.05) is 18.2 Å². The Morgan fingerprint density at radius 3 is 2.75 bits per heavy atom. The minimum absolute atomic E-state index is 0.247. The van der Waals surface area contributed by atoms with E-state index >= 15 is 0 Å². The number of alkyl halides is 1. The highest BCUT2D eigenvalue weighted by atomic mass is 79.9. The molecule has 0 aliphatic carbocycles. The zero-order valence-corrected chi connectivity index (χ0v) is 10.6. The van der Waals surface area contributed by atoms with E-state index in [0.29, 0.717) is 12.2 Å². The van der Waals surface area contributed by atoms with E-state index in [4.69, 9.17) is 4.74 Å². The zero-order valence-electron chi connectivity index (χ0n) is 8.97. The largest absolute Gasteiger partial charge is 0.374 e. The summed E-state index contributed by atoms with van der Waals surface area (Å²) in [5.74, 6) is -1.09. The van der Waals surface area contributed by atoms with Crippen LogP contribution in [0.1, 0.15) is 30.2 Å². The van der Waals surface area contributed by atoms with Crippen LogP contribution < -0.4 is 0 Å². The van der Waals surface area contributed by atoms with Gasteiger partial charge in [-0.1, -0.05) is 22.0 Å². The third-order valence-corrected chi connectivity index (χ3v) is 4.48. The fourth-order valence-corrected chi connectivity index (χ4v) is 2.77. The second kappa shape index (κ2) is 4.41. The molecule has 2 atom stereocenters. The van der Waals surface area contributed by atoms with Crippen LogP contribution in [0.25, 0.3) is 0 Å². The van der Waals surface area contributed by atoms with E-state index in [-0.39, 0.29) is 4.83 Å². The van der Waals surface area contributed by atoms with Gasteiger partial charge in [-0.05, 0) is 25.8 Å². The topological polar surface area (TPSA) is 9.23 Å². The molecule has 0 amide bonds. The molecule has 2 unspecified atom stereocenters. The molecule has 0 radical (unpaired) electrons. The van der Waals surface area contributed by atoms with E-state index in [0.717, 1.165) is 18.9 Å². The predicted octanol–water partition coefficient (Wildman–Crippen LogP) is 3.97. The highest BCUT2D eigenvalue weighted by molar-refractivity contribution is 9.09. The van der Waals surface area contributed by atoms with Crippen molar-refractivity contribution in [1.29, 1.82) is 0 Å². The molecular weight excluding hydrogens is 278 g/mol. The Morgan fingerprint density at radius 1 is 1.44 bits per heavy atom. The first-order chi connectivity index (χ1) is 7.53. The van der Waals surface area contributed by atoms with Crippen molar-refractivity contribution in [2.75, 3.05) is 6.61 Å². The lowest BCUT2D eigenvalue weighted by Crippen LogP contribution is -2.29. The van der Waals surface area contributed by atoms with Gasteiger partial charge in [0.15, 0.2) is 0 Å². The lowest BCUT2D eigenvalue weighted by atomic mass is 9.93. The maximum absolute atomic E-state index is 13.6. The molecule has 1 nitrogen and oxygen atoms in total. The van der Waals surface area contributed by atoms with Gasteiger partial charge >= 0.3 is 0 Å². The van der Waals surface area contributed by atoms with E-state index in [1.165, 1.54) is 12.1 Å². The molecule has 88 valence electrons. The summed E-state index contributed by atoms with van der Waals surface area (Å²) < 4.78 is 32.0. The van der Waals surface area contributed by atoms with Crippen LogP contribution in [-0.2, 0) is 4.74 Å².